The summed E-state index contributed by atoms with van der Waals surface area (Å²) >= 11 is 0. The SMILES string of the molecule is Cc1cc(C)n(CCC(=O)N2CC3(CN(Cc4ccccc4)CC3c3n[nH]c(C)n3)C2)n1. The molecule has 168 valence electrons. The number of hydrogen-bond acceptors (Lipinski definition) is 5. The first-order valence-corrected chi connectivity index (χ1v) is 11.4. The van der Waals surface area contributed by atoms with Crippen LogP contribution in [-0.4, -0.2) is 66.8 Å². The minimum atomic E-state index is 0.0251. The van der Waals surface area contributed by atoms with Gasteiger partial charge in [0.05, 0.1) is 5.69 Å². The predicted octanol–water partition coefficient (Wildman–Crippen LogP) is 2.44. The Morgan fingerprint density at radius 2 is 1.94 bits per heavy atom. The molecule has 0 bridgehead atoms. The van der Waals surface area contributed by atoms with Gasteiger partial charge in [-0.15, -0.1) is 0 Å². The number of nitrogens with zero attached hydrogens (tertiary/aromatic N) is 6. The summed E-state index contributed by atoms with van der Waals surface area (Å²) in [5.74, 6) is 2.16. The topological polar surface area (TPSA) is 82.9 Å². The molecule has 2 saturated heterocycles. The largest absolute Gasteiger partial charge is 0.341 e. The average Bonchev–Trinajstić information content (AvgIpc) is 3.42. The Morgan fingerprint density at radius 3 is 2.59 bits per heavy atom. The Balaban J connectivity index is 1.26. The van der Waals surface area contributed by atoms with Crippen molar-refractivity contribution in [2.75, 3.05) is 26.2 Å². The van der Waals surface area contributed by atoms with Gasteiger partial charge in [-0.1, -0.05) is 30.3 Å². The number of aromatic amines is 1. The smallest absolute Gasteiger partial charge is 0.224 e. The molecule has 2 aliphatic heterocycles. The monoisotopic (exact) mass is 433 g/mol. The number of amides is 1. The maximum Gasteiger partial charge on any atom is 0.224 e. The maximum absolute atomic E-state index is 12.9. The number of likely N-dealkylation sites (tertiary alicyclic amines) is 2. The minimum absolute atomic E-state index is 0.0251. The fraction of sp³-hybridized carbons (Fsp3) is 0.500. The van der Waals surface area contributed by atoms with Crippen LogP contribution in [-0.2, 0) is 17.9 Å². The lowest BCUT2D eigenvalue weighted by Crippen LogP contribution is -2.61. The molecule has 5 rings (SSSR count). The molecule has 8 heteroatoms. The standard InChI is InChI=1S/C24H31N7O/c1-17-11-18(2)31(28-17)10-9-22(32)30-15-24(16-30)14-29(12-20-7-5-4-6-8-20)13-21(24)23-25-19(3)26-27-23/h4-8,11,21H,9-10,12-16H2,1-3H3,(H,25,26,27). The number of aromatic nitrogens is 5. The first kappa shape index (κ1) is 20.9. The van der Waals surface area contributed by atoms with Crippen molar-refractivity contribution in [1.29, 1.82) is 0 Å². The fourth-order valence-electron chi connectivity index (χ4n) is 5.38. The molecule has 3 aromatic rings. The van der Waals surface area contributed by atoms with Gasteiger partial charge in [-0.3, -0.25) is 19.5 Å². The van der Waals surface area contributed by atoms with Crippen LogP contribution in [0, 0.1) is 26.2 Å². The summed E-state index contributed by atoms with van der Waals surface area (Å²) in [5, 5.41) is 12.0. The Bertz CT molecular complexity index is 1100. The van der Waals surface area contributed by atoms with E-state index in [4.69, 9.17) is 0 Å². The Labute approximate surface area is 188 Å². The summed E-state index contributed by atoms with van der Waals surface area (Å²) in [6, 6.07) is 12.6. The van der Waals surface area contributed by atoms with E-state index in [2.05, 4.69) is 55.5 Å². The molecule has 1 spiro atoms. The molecule has 1 aromatic carbocycles. The molecular weight excluding hydrogens is 402 g/mol. The van der Waals surface area contributed by atoms with Crippen LogP contribution in [0.1, 0.15) is 40.9 Å². The zero-order valence-corrected chi connectivity index (χ0v) is 19.1. The number of rotatable bonds is 6. The van der Waals surface area contributed by atoms with Crippen molar-refractivity contribution < 1.29 is 4.79 Å². The van der Waals surface area contributed by atoms with Gasteiger partial charge in [-0.25, -0.2) is 4.98 Å². The van der Waals surface area contributed by atoms with E-state index in [0.29, 0.717) is 13.0 Å². The van der Waals surface area contributed by atoms with E-state index >= 15 is 0 Å². The van der Waals surface area contributed by atoms with Gasteiger partial charge in [0.25, 0.3) is 0 Å². The second-order valence-corrected chi connectivity index (χ2v) is 9.50. The molecule has 32 heavy (non-hydrogen) atoms. The van der Waals surface area contributed by atoms with Gasteiger partial charge in [0.15, 0.2) is 5.82 Å². The van der Waals surface area contributed by atoms with Gasteiger partial charge < -0.3 is 4.90 Å². The first-order valence-electron chi connectivity index (χ1n) is 11.4. The molecule has 2 fully saturated rings. The highest BCUT2D eigenvalue weighted by molar-refractivity contribution is 5.77. The third-order valence-corrected chi connectivity index (χ3v) is 6.90. The molecule has 1 N–H and O–H groups in total. The van der Waals surface area contributed by atoms with Crippen molar-refractivity contribution in [3.63, 3.8) is 0 Å². The maximum atomic E-state index is 12.9. The number of aryl methyl sites for hydroxylation is 4. The van der Waals surface area contributed by atoms with E-state index in [1.165, 1.54) is 5.56 Å². The third kappa shape index (κ3) is 3.95. The highest BCUT2D eigenvalue weighted by atomic mass is 16.2. The molecule has 0 saturated carbocycles. The van der Waals surface area contributed by atoms with E-state index in [1.807, 2.05) is 36.4 Å². The van der Waals surface area contributed by atoms with Crippen molar-refractivity contribution in [1.82, 2.24) is 34.8 Å². The number of H-pyrrole nitrogens is 1. The molecule has 2 aliphatic rings. The van der Waals surface area contributed by atoms with E-state index in [1.54, 1.807) is 0 Å². The highest BCUT2D eigenvalue weighted by Gasteiger charge is 2.56. The lowest BCUT2D eigenvalue weighted by atomic mass is 9.71. The molecule has 1 atom stereocenters. The number of hydrogen-bond donors (Lipinski definition) is 1. The number of carbonyl (C=O) groups is 1. The van der Waals surface area contributed by atoms with Crippen LogP contribution in [0.3, 0.4) is 0 Å². The van der Waals surface area contributed by atoms with Crippen LogP contribution < -0.4 is 0 Å². The van der Waals surface area contributed by atoms with Gasteiger partial charge in [0, 0.05) is 62.7 Å². The lowest BCUT2D eigenvalue weighted by Gasteiger charge is -2.50. The van der Waals surface area contributed by atoms with Crippen molar-refractivity contribution >= 4 is 5.91 Å². The zero-order chi connectivity index (χ0) is 22.3. The summed E-state index contributed by atoms with van der Waals surface area (Å²) in [4.78, 5) is 22.1. The Kier molecular flexibility index (Phi) is 5.33. The van der Waals surface area contributed by atoms with Crippen LogP contribution in [0.25, 0.3) is 0 Å². The number of nitrogens with one attached hydrogen (secondary N) is 1. The Morgan fingerprint density at radius 1 is 1.16 bits per heavy atom. The summed E-state index contributed by atoms with van der Waals surface area (Å²) in [6.45, 7) is 10.9. The summed E-state index contributed by atoms with van der Waals surface area (Å²) in [5.41, 5.74) is 3.43. The second-order valence-electron chi connectivity index (χ2n) is 9.50. The quantitative estimate of drug-likeness (QED) is 0.646. The zero-order valence-electron chi connectivity index (χ0n) is 19.1. The predicted molar refractivity (Wildman–Crippen MR) is 121 cm³/mol. The van der Waals surface area contributed by atoms with Crippen LogP contribution in [0.15, 0.2) is 36.4 Å². The summed E-state index contributed by atoms with van der Waals surface area (Å²) < 4.78 is 1.93. The highest BCUT2D eigenvalue weighted by Crippen LogP contribution is 2.48. The van der Waals surface area contributed by atoms with Crippen molar-refractivity contribution in [2.24, 2.45) is 5.41 Å². The van der Waals surface area contributed by atoms with Crippen LogP contribution >= 0.6 is 0 Å². The van der Waals surface area contributed by atoms with E-state index in [9.17, 15) is 4.79 Å². The number of benzene rings is 1. The van der Waals surface area contributed by atoms with E-state index in [0.717, 1.165) is 55.8 Å². The third-order valence-electron chi connectivity index (χ3n) is 6.90. The molecule has 1 amide bonds. The normalized spacial score (nSPS) is 20.1. The first-order chi connectivity index (χ1) is 15.4. The van der Waals surface area contributed by atoms with Crippen LogP contribution in [0.5, 0.6) is 0 Å². The lowest BCUT2D eigenvalue weighted by molar-refractivity contribution is -0.144. The molecule has 0 radical (unpaired) electrons. The minimum Gasteiger partial charge on any atom is -0.341 e. The molecule has 2 aromatic heterocycles. The average molecular weight is 434 g/mol. The van der Waals surface area contributed by atoms with Crippen molar-refractivity contribution in [2.45, 2.75) is 46.2 Å². The van der Waals surface area contributed by atoms with Crippen molar-refractivity contribution in [3.05, 3.63) is 65.0 Å². The van der Waals surface area contributed by atoms with Gasteiger partial charge >= 0.3 is 0 Å². The van der Waals surface area contributed by atoms with Gasteiger partial charge in [0.2, 0.25) is 5.91 Å². The van der Waals surface area contributed by atoms with E-state index in [-0.39, 0.29) is 17.2 Å². The van der Waals surface area contributed by atoms with Crippen LogP contribution in [0.4, 0.5) is 0 Å². The van der Waals surface area contributed by atoms with Gasteiger partial charge in [0.1, 0.15) is 5.82 Å². The fourth-order valence-corrected chi connectivity index (χ4v) is 5.38. The summed E-state index contributed by atoms with van der Waals surface area (Å²) in [6.07, 6.45) is 0.482. The van der Waals surface area contributed by atoms with Gasteiger partial charge in [-0.05, 0) is 32.4 Å². The second kappa shape index (κ2) is 8.16. The number of carbonyl (C=O) groups excluding carboxylic acids is 1. The van der Waals surface area contributed by atoms with Gasteiger partial charge in [-0.2, -0.15) is 10.2 Å². The molecule has 4 heterocycles. The van der Waals surface area contributed by atoms with Crippen LogP contribution in [0.2, 0.25) is 0 Å². The van der Waals surface area contributed by atoms with Crippen molar-refractivity contribution in [3.8, 4) is 0 Å². The molecule has 8 nitrogen and oxygen atoms in total. The molecule has 1 unspecified atom stereocenters. The van der Waals surface area contributed by atoms with E-state index < -0.39 is 0 Å². The molecular formula is C24H31N7O. The summed E-state index contributed by atoms with van der Waals surface area (Å²) in [7, 11) is 0. The Hall–Kier alpha value is -3.00. The molecule has 0 aliphatic carbocycles.